The zero-order valence-electron chi connectivity index (χ0n) is 28.1. The van der Waals surface area contributed by atoms with E-state index in [1.54, 1.807) is 0 Å². The van der Waals surface area contributed by atoms with Crippen LogP contribution in [0.2, 0.25) is 0 Å². The van der Waals surface area contributed by atoms with E-state index in [0.29, 0.717) is 32.5 Å². The van der Waals surface area contributed by atoms with E-state index >= 15 is 0 Å². The van der Waals surface area contributed by atoms with Crippen LogP contribution in [0.3, 0.4) is 0 Å². The number of ether oxygens (including phenoxy) is 2. The second kappa shape index (κ2) is 17.5. The fraction of sp³-hybridized carbons (Fsp3) is 0.528. The van der Waals surface area contributed by atoms with Gasteiger partial charge in [-0.3, -0.25) is 4.79 Å². The van der Waals surface area contributed by atoms with E-state index in [0.717, 1.165) is 61.5 Å². The van der Waals surface area contributed by atoms with Crippen LogP contribution in [0.25, 0.3) is 11.0 Å². The topological polar surface area (TPSA) is 160 Å². The van der Waals surface area contributed by atoms with Crippen LogP contribution in [0.4, 0.5) is 5.82 Å². The zero-order chi connectivity index (χ0) is 33.9. The molecule has 2 aliphatic carbocycles. The highest BCUT2D eigenvalue weighted by molar-refractivity contribution is 5.87. The van der Waals surface area contributed by atoms with Crippen molar-refractivity contribution in [3.63, 3.8) is 0 Å². The molecule has 1 unspecified atom stereocenters. The molecule has 0 aliphatic heterocycles. The lowest BCUT2D eigenvalue weighted by molar-refractivity contribution is -0.142. The van der Waals surface area contributed by atoms with Gasteiger partial charge < -0.3 is 45.5 Å². The largest absolute Gasteiger partial charge is 0.486 e. The van der Waals surface area contributed by atoms with Crippen LogP contribution in [0.5, 0.6) is 5.75 Å². The number of anilines is 1. The third kappa shape index (κ3) is 9.42. The van der Waals surface area contributed by atoms with Crippen molar-refractivity contribution in [3.8, 4) is 5.75 Å². The lowest BCUT2D eigenvalue weighted by Crippen LogP contribution is -2.41. The summed E-state index contributed by atoms with van der Waals surface area (Å²) in [6, 6.07) is 11.2. The molecule has 0 radical (unpaired) electrons. The third-order valence-electron chi connectivity index (χ3n) is 9.45. The Morgan fingerprint density at radius 1 is 1.12 bits per heavy atom. The molecule has 5 rings (SSSR count). The van der Waals surface area contributed by atoms with E-state index in [1.807, 2.05) is 54.2 Å². The Morgan fingerprint density at radius 3 is 2.73 bits per heavy atom. The highest BCUT2D eigenvalue weighted by Crippen LogP contribution is 2.35. The van der Waals surface area contributed by atoms with Crippen LogP contribution in [0, 0.1) is 11.8 Å². The molecule has 260 valence electrons. The van der Waals surface area contributed by atoms with Crippen molar-refractivity contribution < 1.29 is 24.5 Å². The first kappa shape index (κ1) is 35.5. The van der Waals surface area contributed by atoms with E-state index in [-0.39, 0.29) is 17.9 Å². The highest BCUT2D eigenvalue weighted by atomic mass is 16.5. The number of rotatable bonds is 18. The predicted octanol–water partition coefficient (Wildman–Crippen LogP) is 2.73. The van der Waals surface area contributed by atoms with E-state index < -0.39 is 24.2 Å². The SMILES string of the molecule is CNc1ncnc2c1ccn2C[C@@H]1C[C@H](CN(CCCNCCC2=CC(Oc3ccccc3)CC=C2)CC[C@H](N)C(=O)OC)[C@@H](O)[C@H]1O. The molecule has 12 nitrogen and oxygen atoms in total. The highest BCUT2D eigenvalue weighted by Gasteiger charge is 2.42. The quantitative estimate of drug-likeness (QED) is 0.101. The van der Waals surface area contributed by atoms with Crippen molar-refractivity contribution >= 4 is 22.8 Å². The molecule has 0 saturated heterocycles. The van der Waals surface area contributed by atoms with Crippen LogP contribution in [0.1, 0.15) is 32.1 Å². The molecule has 0 bridgehead atoms. The van der Waals surface area contributed by atoms with Crippen LogP contribution in [-0.2, 0) is 16.1 Å². The first-order chi connectivity index (χ1) is 23.4. The maximum atomic E-state index is 12.0. The molecule has 0 spiro atoms. The molecule has 2 aromatic heterocycles. The van der Waals surface area contributed by atoms with Crippen molar-refractivity contribution in [3.05, 3.63) is 72.7 Å². The second-order valence-electron chi connectivity index (χ2n) is 12.8. The molecular weight excluding hydrogens is 610 g/mol. The van der Waals surface area contributed by atoms with Crippen molar-refractivity contribution in [1.29, 1.82) is 0 Å². The van der Waals surface area contributed by atoms with Gasteiger partial charge in [0.25, 0.3) is 0 Å². The first-order valence-corrected chi connectivity index (χ1v) is 17.1. The third-order valence-corrected chi connectivity index (χ3v) is 9.45. The number of nitrogens with two attached hydrogens (primary N) is 1. The van der Waals surface area contributed by atoms with Crippen molar-refractivity contribution in [2.75, 3.05) is 52.2 Å². The Balaban J connectivity index is 1.11. The Labute approximate surface area is 283 Å². The van der Waals surface area contributed by atoms with Gasteiger partial charge in [0.05, 0.1) is 24.7 Å². The van der Waals surface area contributed by atoms with E-state index in [9.17, 15) is 15.0 Å². The van der Waals surface area contributed by atoms with Gasteiger partial charge in [-0.15, -0.1) is 0 Å². The molecule has 6 atom stereocenters. The number of esters is 1. The number of hydrogen-bond acceptors (Lipinski definition) is 11. The lowest BCUT2D eigenvalue weighted by Gasteiger charge is -2.28. The summed E-state index contributed by atoms with van der Waals surface area (Å²) in [7, 11) is 3.17. The maximum Gasteiger partial charge on any atom is 0.322 e. The van der Waals surface area contributed by atoms with Gasteiger partial charge in [0.1, 0.15) is 35.7 Å². The first-order valence-electron chi connectivity index (χ1n) is 17.1. The van der Waals surface area contributed by atoms with E-state index in [1.165, 1.54) is 19.0 Å². The second-order valence-corrected chi connectivity index (χ2v) is 12.8. The number of aromatic nitrogens is 3. The van der Waals surface area contributed by atoms with Crippen molar-refractivity contribution in [2.45, 2.75) is 63.0 Å². The number of hydrogen-bond donors (Lipinski definition) is 5. The summed E-state index contributed by atoms with van der Waals surface area (Å²) < 4.78 is 13.0. The summed E-state index contributed by atoms with van der Waals surface area (Å²) in [5, 5.41) is 29.8. The number of benzene rings is 1. The smallest absolute Gasteiger partial charge is 0.322 e. The number of methoxy groups -OCH3 is 1. The van der Waals surface area contributed by atoms with E-state index in [2.05, 4.69) is 43.7 Å². The average molecular weight is 662 g/mol. The number of fused-ring (bicyclic) bond motifs is 1. The molecule has 1 aromatic carbocycles. The summed E-state index contributed by atoms with van der Waals surface area (Å²) in [6.45, 7) is 4.18. The minimum Gasteiger partial charge on any atom is -0.486 e. The number of aliphatic hydroxyl groups excluding tert-OH is 2. The number of para-hydroxylation sites is 1. The molecule has 1 saturated carbocycles. The number of carbonyl (C=O) groups excluding carboxylic acids is 1. The van der Waals surface area contributed by atoms with Gasteiger partial charge in [-0.25, -0.2) is 9.97 Å². The van der Waals surface area contributed by atoms with Gasteiger partial charge in [0, 0.05) is 51.1 Å². The molecule has 12 heteroatoms. The normalized spacial score (nSPS) is 23.0. The molecule has 1 fully saturated rings. The number of nitrogens with one attached hydrogen (secondary N) is 2. The fourth-order valence-electron chi connectivity index (χ4n) is 6.83. The van der Waals surface area contributed by atoms with Gasteiger partial charge in [0.2, 0.25) is 0 Å². The Bertz CT molecular complexity index is 1510. The number of allylic oxidation sites excluding steroid dienone is 1. The molecular formula is C36H51N7O5. The molecule has 6 N–H and O–H groups in total. The Morgan fingerprint density at radius 2 is 1.94 bits per heavy atom. The van der Waals surface area contributed by atoms with Gasteiger partial charge in [-0.05, 0) is 75.2 Å². The molecule has 2 heterocycles. The lowest BCUT2D eigenvalue weighted by atomic mass is 10.0. The van der Waals surface area contributed by atoms with Crippen LogP contribution >= 0.6 is 0 Å². The van der Waals surface area contributed by atoms with Crippen LogP contribution in [-0.4, -0.2) is 107 Å². The standard InChI is InChI=1S/C36H51N7O5/c1-38-34-30-13-19-43(35(30)41-24-40-34)23-27-21-26(32(44)33(27)45)22-42(18-14-31(37)36(46)47-2)17-7-15-39-16-12-25-8-6-11-29(20-25)48-28-9-4-3-5-10-28/h3-6,8-10,13,19-20,24,26-27,29,31-33,39,44-45H,7,11-12,14-18,21-23,37H2,1-2H3,(H,38,40,41)/t26-,27+,29?,31+,32-,33+/m1/s1. The van der Waals surface area contributed by atoms with E-state index in [4.69, 9.17) is 15.2 Å². The summed E-state index contributed by atoms with van der Waals surface area (Å²) in [5.74, 6) is 0.957. The number of aliphatic hydroxyl groups is 2. The van der Waals surface area contributed by atoms with Gasteiger partial charge in [-0.1, -0.05) is 30.4 Å². The number of nitrogens with zero attached hydrogens (tertiary/aromatic N) is 4. The minimum absolute atomic E-state index is 0.0455. The molecule has 0 amide bonds. The van der Waals surface area contributed by atoms with Gasteiger partial charge in [-0.2, -0.15) is 0 Å². The molecule has 3 aromatic rings. The average Bonchev–Trinajstić information content (AvgIpc) is 3.64. The summed E-state index contributed by atoms with van der Waals surface area (Å²) in [6.07, 6.45) is 12.2. The maximum absolute atomic E-state index is 12.0. The van der Waals surface area contributed by atoms with Gasteiger partial charge >= 0.3 is 5.97 Å². The Hall–Kier alpha value is -3.81. The van der Waals surface area contributed by atoms with Crippen LogP contribution < -0.4 is 21.1 Å². The predicted molar refractivity (Wildman–Crippen MR) is 187 cm³/mol. The zero-order valence-corrected chi connectivity index (χ0v) is 28.1. The van der Waals surface area contributed by atoms with Crippen LogP contribution in [0.15, 0.2) is 72.7 Å². The molecule has 48 heavy (non-hydrogen) atoms. The summed E-state index contributed by atoms with van der Waals surface area (Å²) >= 11 is 0. The van der Waals surface area contributed by atoms with Crippen molar-refractivity contribution in [1.82, 2.24) is 24.8 Å². The fourth-order valence-corrected chi connectivity index (χ4v) is 6.83. The minimum atomic E-state index is -0.847. The number of carbonyl (C=O) groups is 1. The Kier molecular flexibility index (Phi) is 13.0. The monoisotopic (exact) mass is 661 g/mol. The molecule has 2 aliphatic rings. The van der Waals surface area contributed by atoms with Gasteiger partial charge in [0.15, 0.2) is 0 Å². The summed E-state index contributed by atoms with van der Waals surface area (Å²) in [5.41, 5.74) is 8.13. The van der Waals surface area contributed by atoms with Crippen molar-refractivity contribution in [2.24, 2.45) is 17.6 Å². The summed E-state index contributed by atoms with van der Waals surface area (Å²) in [4.78, 5) is 23.0.